The van der Waals surface area contributed by atoms with Gasteiger partial charge in [0.2, 0.25) is 0 Å². The molecule has 0 N–H and O–H groups in total. The van der Waals surface area contributed by atoms with Crippen molar-refractivity contribution in [2.75, 3.05) is 6.61 Å². The largest absolute Gasteiger partial charge is 0.463 e. The Hall–Kier alpha value is -3.45. The summed E-state index contributed by atoms with van der Waals surface area (Å²) in [4.78, 5) is 40.3. The Labute approximate surface area is 225 Å². The summed E-state index contributed by atoms with van der Waals surface area (Å²) in [6.07, 6.45) is -7.49. The van der Waals surface area contributed by atoms with E-state index in [0.29, 0.717) is 4.90 Å². The zero-order valence-corrected chi connectivity index (χ0v) is 21.8. The monoisotopic (exact) mass is 571 g/mol. The molecule has 1 aliphatic heterocycles. The number of halogens is 4. The molecular weight excluding hydrogens is 546 g/mol. The van der Waals surface area contributed by atoms with E-state index >= 15 is 0 Å². The molecule has 8 nitrogen and oxygen atoms in total. The van der Waals surface area contributed by atoms with E-state index in [1.54, 1.807) is 0 Å². The van der Waals surface area contributed by atoms with E-state index in [9.17, 15) is 31.9 Å². The van der Waals surface area contributed by atoms with E-state index in [2.05, 4.69) is 4.99 Å². The first-order valence-electron chi connectivity index (χ1n) is 11.6. The van der Waals surface area contributed by atoms with Crippen molar-refractivity contribution in [1.82, 2.24) is 0 Å². The van der Waals surface area contributed by atoms with Gasteiger partial charge >= 0.3 is 24.1 Å². The fourth-order valence-corrected chi connectivity index (χ4v) is 4.95. The first-order chi connectivity index (χ1) is 18.3. The number of alkyl halides is 3. The van der Waals surface area contributed by atoms with Crippen LogP contribution in [-0.4, -0.2) is 60.5 Å². The van der Waals surface area contributed by atoms with E-state index in [-0.39, 0.29) is 5.56 Å². The van der Waals surface area contributed by atoms with E-state index < -0.39 is 71.9 Å². The van der Waals surface area contributed by atoms with Gasteiger partial charge in [0, 0.05) is 37.4 Å². The van der Waals surface area contributed by atoms with Crippen molar-refractivity contribution in [1.29, 1.82) is 0 Å². The first kappa shape index (κ1) is 30.1. The highest BCUT2D eigenvalue weighted by atomic mass is 32.2. The summed E-state index contributed by atoms with van der Waals surface area (Å²) < 4.78 is 76.2. The van der Waals surface area contributed by atoms with Crippen molar-refractivity contribution in [2.24, 2.45) is 4.99 Å². The standard InChI is InChI=1S/C26H25F4NO7S/c1-14(32)35-13-21-23(36-15(2)33)24(37-16(3)34)22(25(38-21)39-19-10-8-18(27)9-11-19)31-12-17-6-4-5-7-20(17)26(28,29)30/h4-12,21-25H,13H2,1-3H3/t21-,22-,23-,24-,25-/m1/s1. The maximum absolute atomic E-state index is 13.6. The van der Waals surface area contributed by atoms with E-state index in [4.69, 9.17) is 18.9 Å². The van der Waals surface area contributed by atoms with Crippen LogP contribution >= 0.6 is 11.8 Å². The predicted molar refractivity (Wildman–Crippen MR) is 131 cm³/mol. The number of hydrogen-bond acceptors (Lipinski definition) is 9. The maximum atomic E-state index is 13.6. The molecule has 0 saturated carbocycles. The number of aliphatic imine (C=N–C) groups is 1. The Bertz CT molecular complexity index is 1210. The van der Waals surface area contributed by atoms with Crippen molar-refractivity contribution >= 4 is 35.9 Å². The topological polar surface area (TPSA) is 100 Å². The van der Waals surface area contributed by atoms with Crippen LogP contribution in [0.1, 0.15) is 31.9 Å². The van der Waals surface area contributed by atoms with Crippen LogP contribution in [0, 0.1) is 5.82 Å². The van der Waals surface area contributed by atoms with E-state index in [1.807, 2.05) is 0 Å². The Balaban J connectivity index is 2.09. The summed E-state index contributed by atoms with van der Waals surface area (Å²) in [6.45, 7) is 2.97. The molecule has 3 rings (SSSR count). The number of thioether (sulfide) groups is 1. The van der Waals surface area contributed by atoms with Gasteiger partial charge < -0.3 is 18.9 Å². The Morgan fingerprint density at radius 1 is 0.949 bits per heavy atom. The lowest BCUT2D eigenvalue weighted by Gasteiger charge is -2.43. The lowest BCUT2D eigenvalue weighted by atomic mass is 9.97. The summed E-state index contributed by atoms with van der Waals surface area (Å²) in [5, 5.41) is 0. The molecule has 1 fully saturated rings. The van der Waals surface area contributed by atoms with Gasteiger partial charge in [-0.15, -0.1) is 0 Å². The highest BCUT2D eigenvalue weighted by molar-refractivity contribution is 7.99. The van der Waals surface area contributed by atoms with E-state index in [0.717, 1.165) is 44.8 Å². The van der Waals surface area contributed by atoms with Crippen LogP contribution in [0.3, 0.4) is 0 Å². The highest BCUT2D eigenvalue weighted by Crippen LogP contribution is 2.38. The van der Waals surface area contributed by atoms with E-state index in [1.165, 1.54) is 42.5 Å². The van der Waals surface area contributed by atoms with Gasteiger partial charge in [0.05, 0.1) is 5.56 Å². The molecule has 0 spiro atoms. The molecule has 210 valence electrons. The summed E-state index contributed by atoms with van der Waals surface area (Å²) in [7, 11) is 0. The fraction of sp³-hybridized carbons (Fsp3) is 0.385. The Morgan fingerprint density at radius 2 is 1.56 bits per heavy atom. The summed E-state index contributed by atoms with van der Waals surface area (Å²) >= 11 is 1.02. The molecule has 1 heterocycles. The molecule has 0 unspecified atom stereocenters. The minimum Gasteiger partial charge on any atom is -0.463 e. The van der Waals surface area contributed by atoms with Gasteiger partial charge in [-0.2, -0.15) is 13.2 Å². The van der Waals surface area contributed by atoms with Crippen LogP contribution in [-0.2, 0) is 39.5 Å². The predicted octanol–water partition coefficient (Wildman–Crippen LogP) is 4.58. The molecule has 1 aliphatic rings. The van der Waals surface area contributed by atoms with Gasteiger partial charge in [-0.3, -0.25) is 19.4 Å². The van der Waals surface area contributed by atoms with Crippen LogP contribution in [0.15, 0.2) is 58.4 Å². The van der Waals surface area contributed by atoms with Gasteiger partial charge in [0.1, 0.15) is 30.0 Å². The number of esters is 3. The molecule has 0 bridgehead atoms. The zero-order chi connectivity index (χ0) is 28.7. The fourth-order valence-electron chi connectivity index (χ4n) is 3.82. The van der Waals surface area contributed by atoms with Crippen molar-refractivity contribution < 1.29 is 50.9 Å². The van der Waals surface area contributed by atoms with Crippen molar-refractivity contribution in [2.45, 2.75) is 61.6 Å². The second-order valence-electron chi connectivity index (χ2n) is 8.42. The number of carbonyl (C=O) groups excluding carboxylic acids is 3. The normalized spacial score (nSPS) is 23.3. The SMILES string of the molecule is CC(=O)OC[C@H]1O[C@H](Sc2ccc(F)cc2)[C@H](N=Cc2ccccc2C(F)(F)F)[C@@H](OC(C)=O)[C@@H]1OC(C)=O. The number of hydrogen-bond donors (Lipinski definition) is 0. The number of benzene rings is 2. The number of nitrogens with zero attached hydrogens (tertiary/aromatic N) is 1. The number of rotatable bonds is 8. The average molecular weight is 572 g/mol. The molecule has 5 atom stereocenters. The molecule has 2 aromatic rings. The van der Waals surface area contributed by atoms with Gasteiger partial charge in [0.15, 0.2) is 12.2 Å². The zero-order valence-electron chi connectivity index (χ0n) is 21.0. The van der Waals surface area contributed by atoms with Crippen LogP contribution in [0.4, 0.5) is 17.6 Å². The summed E-state index contributed by atoms with van der Waals surface area (Å²) in [6, 6.07) is 8.83. The average Bonchev–Trinajstić information content (AvgIpc) is 2.84. The van der Waals surface area contributed by atoms with Gasteiger partial charge in [-0.1, -0.05) is 30.0 Å². The molecule has 0 amide bonds. The molecule has 0 aromatic heterocycles. The first-order valence-corrected chi connectivity index (χ1v) is 12.5. The van der Waals surface area contributed by atoms with Gasteiger partial charge in [0.25, 0.3) is 0 Å². The van der Waals surface area contributed by atoms with Crippen LogP contribution in [0.2, 0.25) is 0 Å². The third-order valence-electron chi connectivity index (χ3n) is 5.39. The molecule has 13 heteroatoms. The van der Waals surface area contributed by atoms with Gasteiger partial charge in [-0.05, 0) is 30.3 Å². The summed E-state index contributed by atoms with van der Waals surface area (Å²) in [5.41, 5.74) is -2.26. The molecule has 0 aliphatic carbocycles. The van der Waals surface area contributed by atoms with Crippen LogP contribution in [0.25, 0.3) is 0 Å². The lowest BCUT2D eigenvalue weighted by molar-refractivity contribution is -0.208. The molecule has 39 heavy (non-hydrogen) atoms. The molecule has 2 aromatic carbocycles. The lowest BCUT2D eigenvalue weighted by Crippen LogP contribution is -2.60. The highest BCUT2D eigenvalue weighted by Gasteiger charge is 2.50. The number of carbonyl (C=O) groups is 3. The third kappa shape index (κ3) is 8.52. The molecule has 1 saturated heterocycles. The Kier molecular flexibility index (Phi) is 10.1. The summed E-state index contributed by atoms with van der Waals surface area (Å²) in [5.74, 6) is -2.71. The Morgan fingerprint density at radius 3 is 2.15 bits per heavy atom. The van der Waals surface area contributed by atoms with Crippen molar-refractivity contribution in [3.05, 3.63) is 65.5 Å². The second-order valence-corrected chi connectivity index (χ2v) is 9.59. The quantitative estimate of drug-likeness (QED) is 0.197. The minimum atomic E-state index is -4.67. The van der Waals surface area contributed by atoms with Crippen molar-refractivity contribution in [3.63, 3.8) is 0 Å². The smallest absolute Gasteiger partial charge is 0.417 e. The van der Waals surface area contributed by atoms with Gasteiger partial charge in [-0.25, -0.2) is 4.39 Å². The van der Waals surface area contributed by atoms with Crippen molar-refractivity contribution in [3.8, 4) is 0 Å². The second kappa shape index (κ2) is 13.1. The third-order valence-corrected chi connectivity index (χ3v) is 6.55. The molecule has 0 radical (unpaired) electrons. The van der Waals surface area contributed by atoms with Crippen LogP contribution in [0.5, 0.6) is 0 Å². The number of ether oxygens (including phenoxy) is 4. The minimum absolute atomic E-state index is 0.261. The molecular formula is C26H25F4NO7S. The van der Waals surface area contributed by atoms with Crippen LogP contribution < -0.4 is 0 Å². The maximum Gasteiger partial charge on any atom is 0.417 e.